The molecule has 0 bridgehead atoms. The Morgan fingerprint density at radius 3 is 2.54 bits per heavy atom. The molecule has 3 aromatic rings. The van der Waals surface area contributed by atoms with Gasteiger partial charge in [0.1, 0.15) is 19.3 Å². The Hall–Kier alpha value is -3.91. The molecule has 35 heavy (non-hydrogen) atoms. The molecular formula is C27H20N2O5S. The lowest BCUT2D eigenvalue weighted by Crippen LogP contribution is -2.44. The lowest BCUT2D eigenvalue weighted by Gasteiger charge is -2.35. The molecule has 0 N–H and O–H groups in total. The zero-order valence-electron chi connectivity index (χ0n) is 18.5. The summed E-state index contributed by atoms with van der Waals surface area (Å²) in [6, 6.07) is 15.4. The molecule has 2 amide bonds. The van der Waals surface area contributed by atoms with Gasteiger partial charge in [0.25, 0.3) is 0 Å². The number of amides is 2. The monoisotopic (exact) mass is 484 g/mol. The van der Waals surface area contributed by atoms with Crippen molar-refractivity contribution in [3.63, 3.8) is 0 Å². The van der Waals surface area contributed by atoms with Gasteiger partial charge in [-0.05, 0) is 40.8 Å². The van der Waals surface area contributed by atoms with Crippen LogP contribution in [0.3, 0.4) is 0 Å². The van der Waals surface area contributed by atoms with Crippen molar-refractivity contribution < 1.29 is 23.9 Å². The molecule has 1 aromatic heterocycles. The molecule has 7 nitrogen and oxygen atoms in total. The first-order valence-electron chi connectivity index (χ1n) is 11.5. The lowest BCUT2D eigenvalue weighted by atomic mass is 9.84. The predicted molar refractivity (Wildman–Crippen MR) is 129 cm³/mol. The number of nitrogens with zero attached hydrogens (tertiary/aromatic N) is 2. The largest absolute Gasteiger partial charge is 0.486 e. The number of ether oxygens (including phenoxy) is 2. The maximum absolute atomic E-state index is 14.0. The molecule has 0 unspecified atom stereocenters. The summed E-state index contributed by atoms with van der Waals surface area (Å²) in [5.74, 6) is -1.15. The van der Waals surface area contributed by atoms with Gasteiger partial charge in [-0.3, -0.25) is 14.4 Å². The molecule has 7 rings (SSSR count). The van der Waals surface area contributed by atoms with Crippen LogP contribution in [-0.4, -0.2) is 41.8 Å². The maximum Gasteiger partial charge on any atom is 0.240 e. The van der Waals surface area contributed by atoms with E-state index in [2.05, 4.69) is 0 Å². The van der Waals surface area contributed by atoms with Crippen LogP contribution in [0.1, 0.15) is 26.8 Å². The normalized spacial score (nSPS) is 25.9. The third kappa shape index (κ3) is 2.86. The van der Waals surface area contributed by atoms with Crippen molar-refractivity contribution in [3.8, 4) is 11.5 Å². The number of imide groups is 1. The summed E-state index contributed by atoms with van der Waals surface area (Å²) in [4.78, 5) is 45.4. The van der Waals surface area contributed by atoms with Gasteiger partial charge < -0.3 is 14.4 Å². The summed E-state index contributed by atoms with van der Waals surface area (Å²) in [6.45, 7) is 0.857. The molecule has 2 fully saturated rings. The molecule has 174 valence electrons. The maximum atomic E-state index is 14.0. The third-order valence-electron chi connectivity index (χ3n) is 7.28. The Labute approximate surface area is 205 Å². The highest BCUT2D eigenvalue weighted by molar-refractivity contribution is 7.12. The van der Waals surface area contributed by atoms with E-state index in [4.69, 9.17) is 9.47 Å². The van der Waals surface area contributed by atoms with Crippen LogP contribution in [0.5, 0.6) is 11.5 Å². The first kappa shape index (κ1) is 20.5. The van der Waals surface area contributed by atoms with Crippen LogP contribution in [0.25, 0.3) is 6.08 Å². The van der Waals surface area contributed by atoms with Crippen LogP contribution in [-0.2, 0) is 9.59 Å². The molecule has 5 heterocycles. The van der Waals surface area contributed by atoms with E-state index in [1.807, 2.05) is 52.9 Å². The van der Waals surface area contributed by atoms with Crippen LogP contribution < -0.4 is 14.4 Å². The fraction of sp³-hybridized carbons (Fsp3) is 0.222. The van der Waals surface area contributed by atoms with E-state index < -0.39 is 23.9 Å². The number of hydrogen-bond donors (Lipinski definition) is 0. The lowest BCUT2D eigenvalue weighted by molar-refractivity contribution is -0.123. The van der Waals surface area contributed by atoms with Crippen LogP contribution in [0, 0.1) is 11.8 Å². The Bertz CT molecular complexity index is 1410. The van der Waals surface area contributed by atoms with Crippen molar-refractivity contribution in [2.24, 2.45) is 11.8 Å². The number of fused-ring (bicyclic) bond motifs is 6. The second-order valence-electron chi connectivity index (χ2n) is 9.01. The van der Waals surface area contributed by atoms with Crippen molar-refractivity contribution in [2.75, 3.05) is 18.1 Å². The number of thiophene rings is 1. The highest BCUT2D eigenvalue weighted by Crippen LogP contribution is 2.54. The van der Waals surface area contributed by atoms with Gasteiger partial charge in [-0.25, -0.2) is 4.90 Å². The molecule has 0 saturated carbocycles. The van der Waals surface area contributed by atoms with Gasteiger partial charge in [0.05, 0.1) is 28.4 Å². The topological polar surface area (TPSA) is 76.1 Å². The van der Waals surface area contributed by atoms with Crippen molar-refractivity contribution >= 4 is 40.7 Å². The van der Waals surface area contributed by atoms with Crippen molar-refractivity contribution in [2.45, 2.75) is 12.1 Å². The number of anilines is 1. The average molecular weight is 485 g/mol. The van der Waals surface area contributed by atoms with E-state index in [0.29, 0.717) is 35.3 Å². The third-order valence-corrected chi connectivity index (χ3v) is 8.16. The van der Waals surface area contributed by atoms with Crippen molar-refractivity contribution in [1.82, 2.24) is 4.90 Å². The van der Waals surface area contributed by atoms with Crippen LogP contribution in [0.2, 0.25) is 0 Å². The van der Waals surface area contributed by atoms with E-state index in [-0.39, 0.29) is 17.6 Å². The van der Waals surface area contributed by atoms with Gasteiger partial charge in [-0.2, -0.15) is 0 Å². The average Bonchev–Trinajstić information content (AvgIpc) is 3.60. The molecule has 0 spiro atoms. The molecule has 4 atom stereocenters. The zero-order chi connectivity index (χ0) is 23.7. The number of Topliss-reactive ketones (excluding diaryl/α,β-unsaturated/α-hetero) is 1. The van der Waals surface area contributed by atoms with Gasteiger partial charge in [0.2, 0.25) is 11.8 Å². The summed E-state index contributed by atoms with van der Waals surface area (Å²) in [7, 11) is 0. The molecular weight excluding hydrogens is 464 g/mol. The van der Waals surface area contributed by atoms with E-state index in [9.17, 15) is 14.4 Å². The summed E-state index contributed by atoms with van der Waals surface area (Å²) in [5.41, 5.74) is 2.39. The molecule has 2 saturated heterocycles. The Morgan fingerprint density at radius 2 is 1.71 bits per heavy atom. The number of rotatable bonds is 3. The number of carbonyl (C=O) groups is 3. The van der Waals surface area contributed by atoms with Crippen molar-refractivity contribution in [3.05, 3.63) is 82.2 Å². The summed E-state index contributed by atoms with van der Waals surface area (Å²) >= 11 is 1.35. The van der Waals surface area contributed by atoms with Crippen LogP contribution in [0.4, 0.5) is 5.69 Å². The van der Waals surface area contributed by atoms with E-state index in [1.165, 1.54) is 16.2 Å². The summed E-state index contributed by atoms with van der Waals surface area (Å²) in [5, 5.41) is 1.85. The van der Waals surface area contributed by atoms with E-state index in [1.54, 1.807) is 24.3 Å². The van der Waals surface area contributed by atoms with Crippen molar-refractivity contribution in [1.29, 1.82) is 0 Å². The number of carbonyl (C=O) groups excluding carboxylic acids is 3. The molecule has 0 aliphatic carbocycles. The molecule has 4 aliphatic rings. The molecule has 0 radical (unpaired) electrons. The second kappa shape index (κ2) is 7.55. The van der Waals surface area contributed by atoms with Gasteiger partial charge in [0, 0.05) is 12.3 Å². The van der Waals surface area contributed by atoms with Gasteiger partial charge >= 0.3 is 0 Å². The Balaban J connectivity index is 1.35. The van der Waals surface area contributed by atoms with Gasteiger partial charge in [0.15, 0.2) is 17.3 Å². The molecule has 8 heteroatoms. The van der Waals surface area contributed by atoms with Crippen LogP contribution in [0.15, 0.2) is 66.2 Å². The minimum atomic E-state index is -0.786. The highest BCUT2D eigenvalue weighted by atomic mass is 32.1. The van der Waals surface area contributed by atoms with E-state index >= 15 is 0 Å². The van der Waals surface area contributed by atoms with E-state index in [0.717, 1.165) is 11.1 Å². The second-order valence-corrected chi connectivity index (χ2v) is 9.96. The van der Waals surface area contributed by atoms with Gasteiger partial charge in [-0.1, -0.05) is 30.3 Å². The number of ketones is 1. The Morgan fingerprint density at radius 1 is 0.914 bits per heavy atom. The standard InChI is InChI=1S/C27H20N2O5S/c30-25(20-6-3-13-35-20)24-22-21(23-17-5-2-1-4-15(17)9-10-28(23)24)26(31)29(27(22)32)16-7-8-18-19(14-16)34-12-11-33-18/h1-10,13-14,21-24H,11-12H2/t21-,22+,23+,24-/m0/s1. The zero-order valence-corrected chi connectivity index (χ0v) is 19.3. The van der Waals surface area contributed by atoms with Gasteiger partial charge in [-0.15, -0.1) is 11.3 Å². The number of hydrogen-bond acceptors (Lipinski definition) is 7. The first-order valence-corrected chi connectivity index (χ1v) is 12.4. The Kier molecular flexibility index (Phi) is 4.41. The first-order chi connectivity index (χ1) is 17.1. The minimum Gasteiger partial charge on any atom is -0.486 e. The summed E-state index contributed by atoms with van der Waals surface area (Å²) in [6.07, 6.45) is 3.82. The quantitative estimate of drug-likeness (QED) is 0.414. The highest BCUT2D eigenvalue weighted by Gasteiger charge is 2.64. The minimum absolute atomic E-state index is 0.133. The summed E-state index contributed by atoms with van der Waals surface area (Å²) < 4.78 is 11.3. The molecule has 2 aromatic carbocycles. The SMILES string of the molecule is O=C(c1cccs1)[C@@H]1[C@@H]2C(=O)N(c3ccc4c(c3)OCCO4)C(=O)[C@@H]2[C@H]2c3ccccc3C=CN12. The fourth-order valence-corrected chi connectivity index (χ4v) is 6.55. The number of benzene rings is 2. The van der Waals surface area contributed by atoms with Crippen LogP contribution >= 0.6 is 11.3 Å². The molecule has 4 aliphatic heterocycles. The fourth-order valence-electron chi connectivity index (χ4n) is 5.85. The smallest absolute Gasteiger partial charge is 0.240 e. The predicted octanol–water partition coefficient (Wildman–Crippen LogP) is 3.92.